The number of amides is 2. The summed E-state index contributed by atoms with van der Waals surface area (Å²) in [7, 11) is 0. The van der Waals surface area contributed by atoms with Gasteiger partial charge in [-0.1, -0.05) is 46.8 Å². The minimum absolute atomic E-state index is 0. The number of nitrogens with zero attached hydrogens (tertiary/aromatic N) is 2. The molecule has 1 N–H and O–H groups in total. The van der Waals surface area contributed by atoms with Gasteiger partial charge in [-0.3, -0.25) is 14.5 Å². The number of piperazine rings is 1. The van der Waals surface area contributed by atoms with E-state index in [2.05, 4.69) is 55.3 Å². The van der Waals surface area contributed by atoms with Gasteiger partial charge in [0, 0.05) is 39.0 Å². The Hall–Kier alpha value is -2.12. The number of carbonyl (C=O) groups is 2. The van der Waals surface area contributed by atoms with E-state index in [0.29, 0.717) is 31.7 Å². The second-order valence-corrected chi connectivity index (χ2v) is 10.9. The summed E-state index contributed by atoms with van der Waals surface area (Å²) in [5.41, 5.74) is 0.543. The number of hydrogen-bond acceptors (Lipinski definition) is 5. The van der Waals surface area contributed by atoms with Crippen LogP contribution in [0.1, 0.15) is 78.7 Å². The first-order valence-corrected chi connectivity index (χ1v) is 13.6. The maximum absolute atomic E-state index is 13.4. The van der Waals surface area contributed by atoms with E-state index < -0.39 is 5.54 Å². The maximum Gasteiger partial charge on any atom is 0.246 e. The molecule has 0 radical (unpaired) electrons. The minimum Gasteiger partial charge on any atom is -0.490 e. The topological polar surface area (TPSA) is 71.1 Å². The molecular weight excluding hydrogens is 454 g/mol. The molecule has 0 bridgehead atoms. The molecule has 3 saturated heterocycles. The highest BCUT2D eigenvalue weighted by Crippen LogP contribution is 2.35. The Morgan fingerprint density at radius 1 is 1.11 bits per heavy atom. The lowest BCUT2D eigenvalue weighted by Crippen LogP contribution is -2.73. The van der Waals surface area contributed by atoms with Crippen molar-refractivity contribution in [3.8, 4) is 5.75 Å². The van der Waals surface area contributed by atoms with Crippen molar-refractivity contribution in [2.24, 2.45) is 5.92 Å². The zero-order chi connectivity index (χ0) is 24.8. The number of nitrogens with one attached hydrogen (secondary N) is 1. The number of ether oxygens (including phenoxy) is 2. The van der Waals surface area contributed by atoms with Crippen LogP contribution in [-0.2, 0) is 20.9 Å². The molecule has 1 aromatic carbocycles. The molecule has 0 unspecified atom stereocenters. The Bertz CT molecular complexity index is 843. The van der Waals surface area contributed by atoms with Crippen molar-refractivity contribution >= 4 is 11.8 Å². The van der Waals surface area contributed by atoms with Gasteiger partial charge in [0.2, 0.25) is 11.8 Å². The predicted molar refractivity (Wildman–Crippen MR) is 143 cm³/mol. The van der Waals surface area contributed by atoms with Gasteiger partial charge >= 0.3 is 0 Å². The number of benzene rings is 1. The van der Waals surface area contributed by atoms with E-state index in [9.17, 15) is 9.59 Å². The van der Waals surface area contributed by atoms with Crippen molar-refractivity contribution in [2.75, 3.05) is 32.8 Å². The van der Waals surface area contributed by atoms with Gasteiger partial charge in [-0.2, -0.15) is 0 Å². The quantitative estimate of drug-likeness (QED) is 0.544. The Labute approximate surface area is 217 Å². The Morgan fingerprint density at radius 2 is 1.78 bits per heavy atom. The smallest absolute Gasteiger partial charge is 0.246 e. The number of carbonyl (C=O) groups excluding carboxylic acids is 2. The van der Waals surface area contributed by atoms with Crippen LogP contribution in [0, 0.1) is 5.92 Å². The lowest BCUT2D eigenvalue weighted by atomic mass is 9.80. The van der Waals surface area contributed by atoms with E-state index in [-0.39, 0.29) is 31.4 Å². The maximum atomic E-state index is 13.4. The van der Waals surface area contributed by atoms with Gasteiger partial charge < -0.3 is 19.7 Å². The Morgan fingerprint density at radius 3 is 2.39 bits per heavy atom. The normalized spacial score (nSPS) is 23.0. The number of likely N-dealkylation sites (tertiary alicyclic amines) is 1. The third-order valence-electron chi connectivity index (χ3n) is 7.74. The second-order valence-electron chi connectivity index (χ2n) is 10.9. The second kappa shape index (κ2) is 12.9. The number of rotatable bonds is 9. The molecule has 3 fully saturated rings. The molecule has 7 heteroatoms. The summed E-state index contributed by atoms with van der Waals surface area (Å²) in [4.78, 5) is 31.2. The fourth-order valence-corrected chi connectivity index (χ4v) is 5.64. The van der Waals surface area contributed by atoms with Crippen molar-refractivity contribution < 1.29 is 19.1 Å². The van der Waals surface area contributed by atoms with Crippen molar-refractivity contribution in [3.05, 3.63) is 29.8 Å². The van der Waals surface area contributed by atoms with Crippen LogP contribution in [0.3, 0.4) is 0 Å². The van der Waals surface area contributed by atoms with Crippen LogP contribution >= 0.6 is 0 Å². The fraction of sp³-hybridized carbons (Fsp3) is 0.724. The molecule has 202 valence electrons. The summed E-state index contributed by atoms with van der Waals surface area (Å²) in [6.45, 7) is 11.0. The number of unbranched alkanes of at least 4 members (excludes halogenated alkanes) is 1. The highest BCUT2D eigenvalue weighted by atomic mass is 16.5. The molecule has 36 heavy (non-hydrogen) atoms. The van der Waals surface area contributed by atoms with E-state index in [1.54, 1.807) is 0 Å². The molecule has 0 aromatic heterocycles. The summed E-state index contributed by atoms with van der Waals surface area (Å²) < 4.78 is 11.5. The molecule has 2 amide bonds. The van der Waals surface area contributed by atoms with E-state index in [1.165, 1.54) is 5.56 Å². The van der Waals surface area contributed by atoms with E-state index in [0.717, 1.165) is 64.3 Å². The van der Waals surface area contributed by atoms with Crippen molar-refractivity contribution in [1.29, 1.82) is 0 Å². The summed E-state index contributed by atoms with van der Waals surface area (Å²) in [5, 5.41) is 3.10. The lowest BCUT2D eigenvalue weighted by molar-refractivity contribution is -0.161. The zero-order valence-electron chi connectivity index (χ0n) is 21.8. The van der Waals surface area contributed by atoms with Gasteiger partial charge in [0.15, 0.2) is 0 Å². The molecule has 0 aliphatic carbocycles. The molecule has 3 aliphatic heterocycles. The van der Waals surface area contributed by atoms with Crippen molar-refractivity contribution in [1.82, 2.24) is 15.1 Å². The molecule has 1 atom stereocenters. The molecule has 4 rings (SSSR count). The predicted octanol–water partition coefficient (Wildman–Crippen LogP) is 4.39. The molecule has 1 spiro atoms. The highest BCUT2D eigenvalue weighted by molar-refractivity contribution is 6.00. The largest absolute Gasteiger partial charge is 0.490 e. The summed E-state index contributed by atoms with van der Waals surface area (Å²) in [5.74, 6) is 1.44. The molecule has 3 aliphatic rings. The zero-order valence-corrected chi connectivity index (χ0v) is 21.8. The van der Waals surface area contributed by atoms with Crippen LogP contribution in [0.2, 0.25) is 0 Å². The van der Waals surface area contributed by atoms with Gasteiger partial charge in [0.25, 0.3) is 0 Å². The summed E-state index contributed by atoms with van der Waals surface area (Å²) >= 11 is 0. The number of piperidine rings is 1. The van der Waals surface area contributed by atoms with Crippen LogP contribution in [0.15, 0.2) is 24.3 Å². The van der Waals surface area contributed by atoms with Gasteiger partial charge in [-0.25, -0.2) is 0 Å². The van der Waals surface area contributed by atoms with Crippen molar-refractivity contribution in [3.63, 3.8) is 0 Å². The first-order valence-electron chi connectivity index (χ1n) is 13.6. The monoisotopic (exact) mass is 501 g/mol. The molecule has 1 aromatic rings. The highest BCUT2D eigenvalue weighted by Gasteiger charge is 2.53. The fourth-order valence-electron chi connectivity index (χ4n) is 5.64. The average Bonchev–Trinajstić information content (AvgIpc) is 2.85. The molecule has 3 heterocycles. The third-order valence-corrected chi connectivity index (χ3v) is 7.74. The van der Waals surface area contributed by atoms with E-state index in [4.69, 9.17) is 9.47 Å². The Balaban J connectivity index is 0.00000361. The first-order chi connectivity index (χ1) is 16.9. The van der Waals surface area contributed by atoms with Crippen molar-refractivity contribution in [2.45, 2.75) is 97.4 Å². The van der Waals surface area contributed by atoms with Crippen LogP contribution in [0.25, 0.3) is 0 Å². The van der Waals surface area contributed by atoms with Crippen LogP contribution < -0.4 is 10.1 Å². The van der Waals surface area contributed by atoms with Gasteiger partial charge in [0.1, 0.15) is 23.4 Å². The van der Waals surface area contributed by atoms with Gasteiger partial charge in [-0.05, 0) is 49.3 Å². The van der Waals surface area contributed by atoms with Crippen LogP contribution in [0.5, 0.6) is 5.75 Å². The Kier molecular flexibility index (Phi) is 10.2. The minimum atomic E-state index is -0.697. The molecule has 7 nitrogen and oxygen atoms in total. The van der Waals surface area contributed by atoms with Gasteiger partial charge in [0.05, 0.1) is 13.2 Å². The lowest BCUT2D eigenvalue weighted by Gasteiger charge is -2.52. The molecule has 0 saturated carbocycles. The van der Waals surface area contributed by atoms with E-state index in [1.807, 2.05) is 4.90 Å². The molecular formula is C29H47N3O4. The van der Waals surface area contributed by atoms with Gasteiger partial charge in [-0.15, -0.1) is 0 Å². The standard InChI is InChI=1S/C28H43N3O4.CH4/c1-4-5-14-31-26(32)25(19-21(2)3)29-27(33)28(31)12-15-30(16-13-28)20-22-6-8-23(9-7-22)35-24-10-17-34-18-11-24;/h6-9,21,24-25H,4-5,10-20H2,1-3H3,(H,29,33);1H4/t25-;/m0./s1. The first kappa shape index (κ1) is 28.5. The van der Waals surface area contributed by atoms with Crippen LogP contribution in [-0.4, -0.2) is 72.1 Å². The van der Waals surface area contributed by atoms with Crippen LogP contribution in [0.4, 0.5) is 0 Å². The average molecular weight is 502 g/mol. The number of hydrogen-bond donors (Lipinski definition) is 1. The SMILES string of the molecule is C.CCCCN1C(=O)[C@H](CC(C)C)NC(=O)C12CCN(Cc1ccc(OC3CCOCC3)cc1)CC2. The van der Waals surface area contributed by atoms with E-state index >= 15 is 0 Å². The third kappa shape index (κ3) is 6.60. The summed E-state index contributed by atoms with van der Waals surface area (Å²) in [6, 6.07) is 8.01. The summed E-state index contributed by atoms with van der Waals surface area (Å²) in [6.07, 6.45) is 6.15.